The number of pyridine rings is 2. The lowest BCUT2D eigenvalue weighted by atomic mass is 10.0. The monoisotopic (exact) mass is 363 g/mol. The predicted molar refractivity (Wildman–Crippen MR) is 102 cm³/mol. The quantitative estimate of drug-likeness (QED) is 0.603. The molecule has 4 rings (SSSR count). The second-order valence-electron chi connectivity index (χ2n) is 6.62. The van der Waals surface area contributed by atoms with E-state index >= 15 is 0 Å². The molecule has 5 nitrogen and oxygen atoms in total. The summed E-state index contributed by atoms with van der Waals surface area (Å²) in [4.78, 5) is 29.4. The van der Waals surface area contributed by atoms with Gasteiger partial charge < -0.3 is 14.3 Å². The fourth-order valence-corrected chi connectivity index (χ4v) is 3.36. The number of nitrogens with zero attached hydrogens (tertiary/aromatic N) is 2. The summed E-state index contributed by atoms with van der Waals surface area (Å²) in [6.07, 6.45) is 4.93. The highest BCUT2D eigenvalue weighted by atomic mass is 19.1. The maximum absolute atomic E-state index is 13.4. The van der Waals surface area contributed by atoms with E-state index in [9.17, 15) is 14.0 Å². The molecule has 27 heavy (non-hydrogen) atoms. The summed E-state index contributed by atoms with van der Waals surface area (Å²) in [5.74, 6) is -0.525. The van der Waals surface area contributed by atoms with Crippen LogP contribution in [0.2, 0.25) is 0 Å². The van der Waals surface area contributed by atoms with Crippen molar-refractivity contribution in [3.05, 3.63) is 88.4 Å². The number of aromatic nitrogens is 2. The van der Waals surface area contributed by atoms with Crippen LogP contribution in [0, 0.1) is 5.82 Å². The number of aromatic amines is 1. The third-order valence-corrected chi connectivity index (χ3v) is 5.00. The van der Waals surface area contributed by atoms with Gasteiger partial charge in [0.05, 0.1) is 11.6 Å². The summed E-state index contributed by atoms with van der Waals surface area (Å²) in [6, 6.07) is 11.5. The number of hydrogen-bond donors (Lipinski definition) is 1. The molecule has 136 valence electrons. The van der Waals surface area contributed by atoms with Gasteiger partial charge in [-0.1, -0.05) is 18.2 Å². The van der Waals surface area contributed by atoms with Gasteiger partial charge in [0.15, 0.2) is 0 Å². The Labute approximate surface area is 154 Å². The number of hydrogen-bond acceptors (Lipinski definition) is 2. The van der Waals surface area contributed by atoms with Crippen molar-refractivity contribution in [3.63, 3.8) is 0 Å². The van der Waals surface area contributed by atoms with Crippen LogP contribution in [0.1, 0.15) is 28.9 Å². The number of amides is 1. The summed E-state index contributed by atoms with van der Waals surface area (Å²) in [7, 11) is 1.72. The van der Waals surface area contributed by atoms with Crippen LogP contribution in [0.4, 0.5) is 4.39 Å². The zero-order valence-corrected chi connectivity index (χ0v) is 14.9. The van der Waals surface area contributed by atoms with E-state index < -0.39 is 0 Å². The minimum absolute atomic E-state index is 0.156. The van der Waals surface area contributed by atoms with Crippen molar-refractivity contribution in [2.75, 3.05) is 7.05 Å². The summed E-state index contributed by atoms with van der Waals surface area (Å²) in [6.45, 7) is 1.91. The van der Waals surface area contributed by atoms with Crippen LogP contribution < -0.4 is 5.56 Å². The van der Waals surface area contributed by atoms with Crippen molar-refractivity contribution in [2.24, 2.45) is 0 Å². The van der Waals surface area contributed by atoms with Crippen molar-refractivity contribution in [1.82, 2.24) is 14.3 Å². The number of H-pyrrole nitrogens is 1. The van der Waals surface area contributed by atoms with Crippen LogP contribution in [0.5, 0.6) is 0 Å². The van der Waals surface area contributed by atoms with E-state index in [1.54, 1.807) is 47.1 Å². The highest BCUT2D eigenvalue weighted by Crippen LogP contribution is 2.26. The van der Waals surface area contributed by atoms with Crippen LogP contribution in [0.15, 0.2) is 65.8 Å². The molecule has 0 radical (unpaired) electrons. The Hall–Kier alpha value is -3.41. The van der Waals surface area contributed by atoms with Gasteiger partial charge in [0.25, 0.3) is 11.5 Å². The van der Waals surface area contributed by atoms with E-state index in [1.165, 1.54) is 12.1 Å². The molecule has 4 aromatic rings. The van der Waals surface area contributed by atoms with Crippen LogP contribution in [0.3, 0.4) is 0 Å². The van der Waals surface area contributed by atoms with E-state index in [0.717, 1.165) is 10.9 Å². The Kier molecular flexibility index (Phi) is 4.03. The minimum Gasteiger partial charge on any atom is -0.335 e. The van der Waals surface area contributed by atoms with Gasteiger partial charge in [-0.05, 0) is 42.1 Å². The number of rotatable bonds is 3. The van der Waals surface area contributed by atoms with Crippen LogP contribution in [-0.2, 0) is 0 Å². The third kappa shape index (κ3) is 2.89. The number of halogens is 1. The van der Waals surface area contributed by atoms with Gasteiger partial charge in [0, 0.05) is 36.5 Å². The van der Waals surface area contributed by atoms with E-state index in [-0.39, 0.29) is 23.3 Å². The molecule has 0 aliphatic carbocycles. The van der Waals surface area contributed by atoms with E-state index in [4.69, 9.17) is 0 Å². The highest BCUT2D eigenvalue weighted by molar-refractivity contribution is 5.96. The van der Waals surface area contributed by atoms with Gasteiger partial charge in [-0.2, -0.15) is 0 Å². The normalized spacial score (nSPS) is 12.4. The lowest BCUT2D eigenvalue weighted by Gasteiger charge is -2.26. The molecule has 6 heteroatoms. The maximum Gasteiger partial charge on any atom is 0.255 e. The Balaban J connectivity index is 1.71. The third-order valence-electron chi connectivity index (χ3n) is 5.00. The molecule has 0 bridgehead atoms. The minimum atomic E-state index is -0.346. The standard InChI is InChI=1S/C21H18FN3O2/c1-13(19-11-23-20(26)18-6-4-3-5-17(18)19)24(2)21(27)14-9-16-10-15(22)7-8-25(16)12-14/h3-13H,1-2H3,(H,23,26). The first-order valence-corrected chi connectivity index (χ1v) is 8.60. The Morgan fingerprint density at radius 1 is 1.19 bits per heavy atom. The van der Waals surface area contributed by atoms with Crippen molar-refractivity contribution in [1.29, 1.82) is 0 Å². The van der Waals surface area contributed by atoms with Gasteiger partial charge in [-0.3, -0.25) is 9.59 Å². The fourth-order valence-electron chi connectivity index (χ4n) is 3.36. The van der Waals surface area contributed by atoms with Crippen molar-refractivity contribution in [3.8, 4) is 0 Å². The molecule has 0 aliphatic rings. The maximum atomic E-state index is 13.4. The molecule has 0 fully saturated rings. The average molecular weight is 363 g/mol. The molecule has 0 aliphatic heterocycles. The molecule has 0 saturated carbocycles. The lowest BCUT2D eigenvalue weighted by molar-refractivity contribution is 0.0743. The Morgan fingerprint density at radius 3 is 2.70 bits per heavy atom. The smallest absolute Gasteiger partial charge is 0.255 e. The highest BCUT2D eigenvalue weighted by Gasteiger charge is 2.22. The first-order chi connectivity index (χ1) is 13.0. The molecule has 0 saturated heterocycles. The van der Waals surface area contributed by atoms with Crippen molar-refractivity contribution < 1.29 is 9.18 Å². The molecule has 1 aromatic carbocycles. The topological polar surface area (TPSA) is 57.6 Å². The molecule has 1 atom stereocenters. The SMILES string of the molecule is CC(c1c[nH]c(=O)c2ccccc12)N(C)C(=O)c1cc2cc(F)ccn2c1. The molecule has 1 unspecified atom stereocenters. The Bertz CT molecular complexity index is 1230. The number of fused-ring (bicyclic) bond motifs is 2. The second kappa shape index (κ2) is 6.39. The van der Waals surface area contributed by atoms with E-state index in [2.05, 4.69) is 4.98 Å². The molecule has 3 aromatic heterocycles. The van der Waals surface area contributed by atoms with E-state index in [0.29, 0.717) is 16.5 Å². The second-order valence-corrected chi connectivity index (χ2v) is 6.62. The number of benzene rings is 1. The number of nitrogens with one attached hydrogen (secondary N) is 1. The van der Waals surface area contributed by atoms with Crippen LogP contribution in [0.25, 0.3) is 16.3 Å². The van der Waals surface area contributed by atoms with Crippen LogP contribution >= 0.6 is 0 Å². The number of carbonyl (C=O) groups is 1. The van der Waals surface area contributed by atoms with Crippen molar-refractivity contribution in [2.45, 2.75) is 13.0 Å². The summed E-state index contributed by atoms with van der Waals surface area (Å²) >= 11 is 0. The van der Waals surface area contributed by atoms with Gasteiger partial charge in [0.2, 0.25) is 0 Å². The molecular formula is C21H18FN3O2. The zero-order chi connectivity index (χ0) is 19.1. The van der Waals surface area contributed by atoms with Gasteiger partial charge in [0.1, 0.15) is 5.82 Å². The largest absolute Gasteiger partial charge is 0.335 e. The average Bonchev–Trinajstić information content (AvgIpc) is 3.10. The summed E-state index contributed by atoms with van der Waals surface area (Å²) in [5.41, 5.74) is 1.80. The van der Waals surface area contributed by atoms with Gasteiger partial charge in [-0.25, -0.2) is 4.39 Å². The zero-order valence-electron chi connectivity index (χ0n) is 14.9. The molecule has 0 spiro atoms. The Morgan fingerprint density at radius 2 is 1.93 bits per heavy atom. The summed E-state index contributed by atoms with van der Waals surface area (Å²) in [5, 5.41) is 1.41. The summed E-state index contributed by atoms with van der Waals surface area (Å²) < 4.78 is 15.1. The molecule has 1 N–H and O–H groups in total. The lowest BCUT2D eigenvalue weighted by Crippen LogP contribution is -2.30. The van der Waals surface area contributed by atoms with E-state index in [1.807, 2.05) is 25.1 Å². The molecule has 1 amide bonds. The molecular weight excluding hydrogens is 345 g/mol. The number of carbonyl (C=O) groups excluding carboxylic acids is 1. The van der Waals surface area contributed by atoms with Gasteiger partial charge in [-0.15, -0.1) is 0 Å². The van der Waals surface area contributed by atoms with Gasteiger partial charge >= 0.3 is 0 Å². The fraction of sp³-hybridized carbons (Fsp3) is 0.143. The van der Waals surface area contributed by atoms with Crippen LogP contribution in [-0.4, -0.2) is 27.2 Å². The first-order valence-electron chi connectivity index (χ1n) is 8.60. The predicted octanol–water partition coefficient (Wildman–Crippen LogP) is 3.75. The van der Waals surface area contributed by atoms with Crippen molar-refractivity contribution >= 4 is 22.2 Å². The molecule has 3 heterocycles. The first kappa shape index (κ1) is 17.0.